The molecule has 1 unspecified atom stereocenters. The van der Waals surface area contributed by atoms with Crippen LogP contribution in [0.2, 0.25) is 0 Å². The Bertz CT molecular complexity index is 422. The van der Waals surface area contributed by atoms with Gasteiger partial charge in [0.1, 0.15) is 0 Å². The van der Waals surface area contributed by atoms with Crippen molar-refractivity contribution in [3.8, 4) is 0 Å². The van der Waals surface area contributed by atoms with Crippen molar-refractivity contribution in [3.63, 3.8) is 0 Å². The first-order valence-corrected chi connectivity index (χ1v) is 7.87. The molecule has 0 amide bonds. The SMILES string of the molecule is [CH2]C(OC)c1cccc(C2CCC(C(C)(C)C)CC2)c1. The van der Waals surface area contributed by atoms with Crippen LogP contribution in [0.4, 0.5) is 0 Å². The molecule has 1 heteroatoms. The first-order chi connectivity index (χ1) is 9.41. The summed E-state index contributed by atoms with van der Waals surface area (Å²) >= 11 is 0. The second-order valence-electron chi connectivity index (χ2n) is 7.31. The Morgan fingerprint density at radius 2 is 1.80 bits per heavy atom. The minimum atomic E-state index is -0.0548. The summed E-state index contributed by atoms with van der Waals surface area (Å²) in [6.45, 7) is 11.2. The Labute approximate surface area is 124 Å². The van der Waals surface area contributed by atoms with Crippen LogP contribution in [0.5, 0.6) is 0 Å². The van der Waals surface area contributed by atoms with E-state index in [4.69, 9.17) is 4.74 Å². The largest absolute Gasteiger partial charge is 0.377 e. The standard InChI is InChI=1S/C19H29O/c1-14(20-5)16-7-6-8-17(13-16)15-9-11-18(12-10-15)19(2,3)4/h6-8,13-15,18H,1,9-12H2,2-5H3. The summed E-state index contributed by atoms with van der Waals surface area (Å²) < 4.78 is 5.33. The second kappa shape index (κ2) is 6.30. The van der Waals surface area contributed by atoms with Crippen LogP contribution in [0.3, 0.4) is 0 Å². The molecular weight excluding hydrogens is 244 g/mol. The predicted molar refractivity (Wildman–Crippen MR) is 85.7 cm³/mol. The van der Waals surface area contributed by atoms with E-state index >= 15 is 0 Å². The van der Waals surface area contributed by atoms with Crippen molar-refractivity contribution in [3.05, 3.63) is 42.3 Å². The van der Waals surface area contributed by atoms with E-state index in [1.54, 1.807) is 7.11 Å². The van der Waals surface area contributed by atoms with Gasteiger partial charge in [-0.2, -0.15) is 0 Å². The van der Waals surface area contributed by atoms with E-state index in [2.05, 4.69) is 52.0 Å². The number of rotatable bonds is 3. The number of ether oxygens (including phenoxy) is 1. The molecular formula is C19H29O. The summed E-state index contributed by atoms with van der Waals surface area (Å²) in [5.41, 5.74) is 3.13. The molecule has 0 bridgehead atoms. The van der Waals surface area contributed by atoms with E-state index in [0.29, 0.717) is 5.41 Å². The van der Waals surface area contributed by atoms with Crippen molar-refractivity contribution in [2.75, 3.05) is 7.11 Å². The fraction of sp³-hybridized carbons (Fsp3) is 0.632. The lowest BCUT2D eigenvalue weighted by Gasteiger charge is -2.37. The van der Waals surface area contributed by atoms with Gasteiger partial charge >= 0.3 is 0 Å². The number of hydrogen-bond acceptors (Lipinski definition) is 1. The van der Waals surface area contributed by atoms with Crippen LogP contribution in [-0.4, -0.2) is 7.11 Å². The number of benzene rings is 1. The molecule has 1 aromatic carbocycles. The molecule has 0 N–H and O–H groups in total. The maximum Gasteiger partial charge on any atom is 0.0822 e. The molecule has 1 aliphatic rings. The highest BCUT2D eigenvalue weighted by molar-refractivity contribution is 5.28. The van der Waals surface area contributed by atoms with Crippen LogP contribution in [0.1, 0.15) is 69.6 Å². The molecule has 0 aliphatic heterocycles. The molecule has 1 aromatic rings. The molecule has 111 valence electrons. The van der Waals surface area contributed by atoms with E-state index < -0.39 is 0 Å². The third-order valence-electron chi connectivity index (χ3n) is 4.99. The van der Waals surface area contributed by atoms with Crippen molar-refractivity contribution in [1.82, 2.24) is 0 Å². The second-order valence-corrected chi connectivity index (χ2v) is 7.31. The maximum absolute atomic E-state index is 5.33. The summed E-state index contributed by atoms with van der Waals surface area (Å²) in [6, 6.07) is 8.83. The quantitative estimate of drug-likeness (QED) is 0.703. The molecule has 1 fully saturated rings. The van der Waals surface area contributed by atoms with Crippen molar-refractivity contribution < 1.29 is 4.74 Å². The molecule has 0 spiro atoms. The van der Waals surface area contributed by atoms with Crippen LogP contribution in [0.15, 0.2) is 24.3 Å². The molecule has 20 heavy (non-hydrogen) atoms. The van der Waals surface area contributed by atoms with Gasteiger partial charge in [0.2, 0.25) is 0 Å². The van der Waals surface area contributed by atoms with Gasteiger partial charge in [0, 0.05) is 7.11 Å². The van der Waals surface area contributed by atoms with Crippen LogP contribution < -0.4 is 0 Å². The normalized spacial score (nSPS) is 25.4. The lowest BCUT2D eigenvalue weighted by Crippen LogP contribution is -2.25. The van der Waals surface area contributed by atoms with E-state index in [1.807, 2.05) is 0 Å². The fourth-order valence-electron chi connectivity index (χ4n) is 3.44. The number of methoxy groups -OCH3 is 1. The van der Waals surface area contributed by atoms with Crippen LogP contribution in [0.25, 0.3) is 0 Å². The average molecular weight is 273 g/mol. The molecule has 1 aliphatic carbocycles. The van der Waals surface area contributed by atoms with Gasteiger partial charge in [-0.15, -0.1) is 0 Å². The third-order valence-corrected chi connectivity index (χ3v) is 4.99. The van der Waals surface area contributed by atoms with Gasteiger partial charge in [-0.1, -0.05) is 45.0 Å². The molecule has 1 radical (unpaired) electrons. The zero-order chi connectivity index (χ0) is 14.8. The smallest absolute Gasteiger partial charge is 0.0822 e. The minimum Gasteiger partial charge on any atom is -0.377 e. The van der Waals surface area contributed by atoms with Gasteiger partial charge in [-0.3, -0.25) is 0 Å². The lowest BCUT2D eigenvalue weighted by atomic mass is 9.68. The fourth-order valence-corrected chi connectivity index (χ4v) is 3.44. The highest BCUT2D eigenvalue weighted by atomic mass is 16.5. The summed E-state index contributed by atoms with van der Waals surface area (Å²) in [6.07, 6.45) is 5.30. The van der Waals surface area contributed by atoms with Crippen LogP contribution in [0, 0.1) is 18.3 Å². The Morgan fingerprint density at radius 1 is 1.15 bits per heavy atom. The van der Waals surface area contributed by atoms with Crippen molar-refractivity contribution in [1.29, 1.82) is 0 Å². The van der Waals surface area contributed by atoms with Crippen molar-refractivity contribution >= 4 is 0 Å². The summed E-state index contributed by atoms with van der Waals surface area (Å²) in [7, 11) is 1.72. The lowest BCUT2D eigenvalue weighted by molar-refractivity contribution is 0.140. The zero-order valence-corrected chi connectivity index (χ0v) is 13.5. The van der Waals surface area contributed by atoms with E-state index in [1.165, 1.54) is 36.8 Å². The average Bonchev–Trinajstić information content (AvgIpc) is 2.46. The molecule has 0 saturated heterocycles. The summed E-state index contributed by atoms with van der Waals surface area (Å²) in [5.74, 6) is 1.60. The topological polar surface area (TPSA) is 9.23 Å². The Balaban J connectivity index is 2.04. The summed E-state index contributed by atoms with van der Waals surface area (Å²) in [4.78, 5) is 0. The van der Waals surface area contributed by atoms with Crippen molar-refractivity contribution in [2.24, 2.45) is 11.3 Å². The number of hydrogen-bond donors (Lipinski definition) is 0. The van der Waals surface area contributed by atoms with E-state index in [-0.39, 0.29) is 6.10 Å². The zero-order valence-electron chi connectivity index (χ0n) is 13.5. The monoisotopic (exact) mass is 273 g/mol. The Morgan fingerprint density at radius 3 is 2.35 bits per heavy atom. The van der Waals surface area contributed by atoms with E-state index in [9.17, 15) is 0 Å². The Hall–Kier alpha value is -0.820. The maximum atomic E-state index is 5.33. The molecule has 1 saturated carbocycles. The van der Waals surface area contributed by atoms with Crippen LogP contribution >= 0.6 is 0 Å². The predicted octanol–water partition coefficient (Wildman–Crippen LogP) is 5.53. The van der Waals surface area contributed by atoms with Gasteiger partial charge in [-0.25, -0.2) is 0 Å². The first kappa shape index (κ1) is 15.6. The highest BCUT2D eigenvalue weighted by Crippen LogP contribution is 2.43. The molecule has 1 atom stereocenters. The molecule has 0 heterocycles. The van der Waals surface area contributed by atoms with E-state index in [0.717, 1.165) is 11.8 Å². The third kappa shape index (κ3) is 3.63. The highest BCUT2D eigenvalue weighted by Gasteiger charge is 2.30. The van der Waals surface area contributed by atoms with Gasteiger partial charge in [0.05, 0.1) is 6.10 Å². The van der Waals surface area contributed by atoms with Gasteiger partial charge in [-0.05, 0) is 61.0 Å². The van der Waals surface area contributed by atoms with Crippen molar-refractivity contribution in [2.45, 2.75) is 58.5 Å². The van der Waals surface area contributed by atoms with Gasteiger partial charge in [0.25, 0.3) is 0 Å². The van der Waals surface area contributed by atoms with Crippen LogP contribution in [-0.2, 0) is 4.74 Å². The molecule has 0 aromatic heterocycles. The molecule has 2 rings (SSSR count). The van der Waals surface area contributed by atoms with Gasteiger partial charge in [0.15, 0.2) is 0 Å². The Kier molecular flexibility index (Phi) is 4.90. The van der Waals surface area contributed by atoms with Gasteiger partial charge < -0.3 is 4.74 Å². The molecule has 1 nitrogen and oxygen atoms in total. The first-order valence-electron chi connectivity index (χ1n) is 7.87. The minimum absolute atomic E-state index is 0.0548. The summed E-state index contributed by atoms with van der Waals surface area (Å²) in [5, 5.41) is 0.